The zero-order valence-electron chi connectivity index (χ0n) is 7.31. The summed E-state index contributed by atoms with van der Waals surface area (Å²) in [6.45, 7) is 0. The first-order chi connectivity index (χ1) is 6.77. The number of furan rings is 1. The minimum atomic E-state index is -0.997. The number of hydrogen-bond donors (Lipinski definition) is 0. The Kier molecular flexibility index (Phi) is 2.57. The summed E-state index contributed by atoms with van der Waals surface area (Å²) in [4.78, 5) is 0. The van der Waals surface area contributed by atoms with E-state index < -0.39 is 6.10 Å². The van der Waals surface area contributed by atoms with Gasteiger partial charge in [0.25, 0.3) is 0 Å². The average molecular weight is 208 g/mol. The highest BCUT2D eigenvalue weighted by Gasteiger charge is 2.04. The molecule has 0 saturated carbocycles. The molecule has 1 heterocycles. The molecule has 0 spiro atoms. The topological polar surface area (TPSA) is 36.2 Å². The van der Waals surface area contributed by atoms with Crippen molar-refractivity contribution >= 4 is 11.6 Å². The van der Waals surface area contributed by atoms with Crippen molar-refractivity contribution in [2.75, 3.05) is 0 Å². The first-order valence-electron chi connectivity index (χ1n) is 4.22. The van der Waals surface area contributed by atoms with E-state index in [1.807, 2.05) is 0 Å². The van der Waals surface area contributed by atoms with E-state index in [-0.39, 0.29) is 0 Å². The molecule has 1 atom stereocenters. The van der Waals surface area contributed by atoms with Crippen LogP contribution in [0.3, 0.4) is 0 Å². The van der Waals surface area contributed by atoms with Gasteiger partial charge in [0.2, 0.25) is 0 Å². The normalized spacial score (nSPS) is 12.7. The standard InChI is InChI=1S/C11H8ClO2/c12-9-4-1-3-8(7-9)11(13)10-5-2-6-14-10/h1-7,11H/q-1. The molecule has 0 saturated heterocycles. The summed E-state index contributed by atoms with van der Waals surface area (Å²) < 4.78 is 5.03. The number of halogens is 1. The molecular formula is C11H8ClO2-. The number of benzene rings is 1. The van der Waals surface area contributed by atoms with Crippen molar-refractivity contribution < 1.29 is 9.52 Å². The van der Waals surface area contributed by atoms with Crippen LogP contribution in [0.4, 0.5) is 0 Å². The van der Waals surface area contributed by atoms with Gasteiger partial charge in [0.15, 0.2) is 0 Å². The van der Waals surface area contributed by atoms with Crippen molar-refractivity contribution in [2.45, 2.75) is 6.10 Å². The highest BCUT2D eigenvalue weighted by molar-refractivity contribution is 6.30. The largest absolute Gasteiger partial charge is 0.843 e. The van der Waals surface area contributed by atoms with Crippen LogP contribution in [0.15, 0.2) is 47.1 Å². The molecule has 0 N–H and O–H groups in total. The zero-order valence-corrected chi connectivity index (χ0v) is 8.07. The van der Waals surface area contributed by atoms with Gasteiger partial charge in [-0.2, -0.15) is 0 Å². The zero-order chi connectivity index (χ0) is 9.97. The van der Waals surface area contributed by atoms with E-state index in [4.69, 9.17) is 16.0 Å². The summed E-state index contributed by atoms with van der Waals surface area (Å²) in [5, 5.41) is 12.4. The summed E-state index contributed by atoms with van der Waals surface area (Å²) in [5.74, 6) is 0.410. The van der Waals surface area contributed by atoms with E-state index in [1.165, 1.54) is 6.26 Å². The molecule has 2 nitrogen and oxygen atoms in total. The second-order valence-corrected chi connectivity index (χ2v) is 3.39. The van der Waals surface area contributed by atoms with Crippen LogP contribution in [0.2, 0.25) is 5.02 Å². The van der Waals surface area contributed by atoms with Crippen molar-refractivity contribution in [1.82, 2.24) is 0 Å². The monoisotopic (exact) mass is 207 g/mol. The maximum absolute atomic E-state index is 11.8. The van der Waals surface area contributed by atoms with Crippen LogP contribution in [0.25, 0.3) is 0 Å². The van der Waals surface area contributed by atoms with Gasteiger partial charge in [-0.15, -0.1) is 0 Å². The van der Waals surface area contributed by atoms with Crippen LogP contribution >= 0.6 is 11.6 Å². The van der Waals surface area contributed by atoms with Gasteiger partial charge in [-0.25, -0.2) is 0 Å². The summed E-state index contributed by atoms with van der Waals surface area (Å²) in [6, 6.07) is 10.3. The van der Waals surface area contributed by atoms with E-state index in [9.17, 15) is 5.11 Å². The number of rotatable bonds is 2. The van der Waals surface area contributed by atoms with Crippen LogP contribution in [-0.4, -0.2) is 0 Å². The van der Waals surface area contributed by atoms with Crippen molar-refractivity contribution in [3.63, 3.8) is 0 Å². The maximum Gasteiger partial charge on any atom is 0.0942 e. The molecule has 1 aromatic carbocycles. The Balaban J connectivity index is 2.32. The van der Waals surface area contributed by atoms with Gasteiger partial charge in [0, 0.05) is 5.02 Å². The average Bonchev–Trinajstić information content (AvgIpc) is 2.69. The van der Waals surface area contributed by atoms with E-state index >= 15 is 0 Å². The predicted octanol–water partition coefficient (Wildman–Crippen LogP) is 2.38. The maximum atomic E-state index is 11.8. The minimum Gasteiger partial charge on any atom is -0.843 e. The highest BCUT2D eigenvalue weighted by Crippen LogP contribution is 2.21. The third-order valence-electron chi connectivity index (χ3n) is 1.95. The Bertz CT molecular complexity index is 409. The van der Waals surface area contributed by atoms with Gasteiger partial charge in [-0.1, -0.05) is 29.3 Å². The van der Waals surface area contributed by atoms with Crippen molar-refractivity contribution in [2.24, 2.45) is 0 Å². The lowest BCUT2D eigenvalue weighted by atomic mass is 10.1. The summed E-state index contributed by atoms with van der Waals surface area (Å²) in [6.07, 6.45) is 0.494. The molecule has 2 aromatic rings. The molecule has 0 aliphatic heterocycles. The molecule has 72 valence electrons. The lowest BCUT2D eigenvalue weighted by Gasteiger charge is -2.19. The van der Waals surface area contributed by atoms with Crippen LogP contribution in [-0.2, 0) is 0 Å². The first-order valence-corrected chi connectivity index (χ1v) is 4.60. The molecule has 0 bridgehead atoms. The van der Waals surface area contributed by atoms with E-state index in [2.05, 4.69) is 0 Å². The minimum absolute atomic E-state index is 0.410. The van der Waals surface area contributed by atoms with Crippen molar-refractivity contribution in [3.8, 4) is 0 Å². The summed E-state index contributed by atoms with van der Waals surface area (Å²) in [7, 11) is 0. The van der Waals surface area contributed by atoms with Crippen molar-refractivity contribution in [3.05, 3.63) is 59.0 Å². The van der Waals surface area contributed by atoms with Crippen LogP contribution < -0.4 is 5.11 Å². The molecule has 3 heteroatoms. The fourth-order valence-electron chi connectivity index (χ4n) is 1.27. The van der Waals surface area contributed by atoms with Gasteiger partial charge in [0.05, 0.1) is 12.0 Å². The van der Waals surface area contributed by atoms with Crippen molar-refractivity contribution in [1.29, 1.82) is 0 Å². The molecule has 0 radical (unpaired) electrons. The molecule has 14 heavy (non-hydrogen) atoms. The summed E-state index contributed by atoms with van der Waals surface area (Å²) in [5.41, 5.74) is 0.618. The molecule has 1 aromatic heterocycles. The fraction of sp³-hybridized carbons (Fsp3) is 0.0909. The SMILES string of the molecule is [O-]C(c1cccc(Cl)c1)c1ccco1. The Labute approximate surface area is 86.7 Å². The van der Waals surface area contributed by atoms with Crippen LogP contribution in [0.1, 0.15) is 17.4 Å². The van der Waals surface area contributed by atoms with Gasteiger partial charge in [0.1, 0.15) is 0 Å². The lowest BCUT2D eigenvalue weighted by molar-refractivity contribution is -0.415. The van der Waals surface area contributed by atoms with Gasteiger partial charge in [-0.05, 0) is 30.4 Å². The molecule has 0 aliphatic carbocycles. The quantitative estimate of drug-likeness (QED) is 0.758. The fourth-order valence-corrected chi connectivity index (χ4v) is 1.47. The molecule has 1 unspecified atom stereocenters. The Hall–Kier alpha value is -1.25. The molecular weight excluding hydrogens is 200 g/mol. The highest BCUT2D eigenvalue weighted by atomic mass is 35.5. The smallest absolute Gasteiger partial charge is 0.0942 e. The lowest BCUT2D eigenvalue weighted by Crippen LogP contribution is -2.15. The third kappa shape index (κ3) is 1.81. The second-order valence-electron chi connectivity index (χ2n) is 2.95. The third-order valence-corrected chi connectivity index (χ3v) is 2.19. The number of hydrogen-bond acceptors (Lipinski definition) is 2. The molecule has 0 fully saturated rings. The molecule has 0 aliphatic rings. The van der Waals surface area contributed by atoms with Crippen LogP contribution in [0.5, 0.6) is 0 Å². The Morgan fingerprint density at radius 3 is 2.71 bits per heavy atom. The predicted molar refractivity (Wildman–Crippen MR) is 52.0 cm³/mol. The van der Waals surface area contributed by atoms with E-state index in [1.54, 1.807) is 36.4 Å². The Morgan fingerprint density at radius 2 is 2.07 bits per heavy atom. The van der Waals surface area contributed by atoms with E-state index in [0.717, 1.165) is 0 Å². The summed E-state index contributed by atoms with van der Waals surface area (Å²) >= 11 is 5.78. The molecule has 2 rings (SSSR count). The van der Waals surface area contributed by atoms with Gasteiger partial charge >= 0.3 is 0 Å². The van der Waals surface area contributed by atoms with E-state index in [0.29, 0.717) is 16.3 Å². The van der Waals surface area contributed by atoms with Crippen LogP contribution in [0, 0.1) is 0 Å². The Morgan fingerprint density at radius 1 is 1.21 bits per heavy atom. The first kappa shape index (κ1) is 9.31. The van der Waals surface area contributed by atoms with Gasteiger partial charge in [-0.3, -0.25) is 0 Å². The second kappa shape index (κ2) is 3.86. The van der Waals surface area contributed by atoms with Gasteiger partial charge < -0.3 is 9.52 Å². The molecule has 0 amide bonds.